The third-order valence-electron chi connectivity index (χ3n) is 4.89. The van der Waals surface area contributed by atoms with Crippen LogP contribution in [-0.4, -0.2) is 29.5 Å². The predicted octanol–water partition coefficient (Wildman–Crippen LogP) is 3.99. The van der Waals surface area contributed by atoms with Gasteiger partial charge >= 0.3 is 0 Å². The number of halogens is 2. The molecular formula is C22H20ClFN4O2S. The van der Waals surface area contributed by atoms with Gasteiger partial charge in [-0.1, -0.05) is 41.9 Å². The van der Waals surface area contributed by atoms with Crippen molar-refractivity contribution in [2.24, 2.45) is 0 Å². The number of hydrogen-bond donors (Lipinski definition) is 1. The van der Waals surface area contributed by atoms with E-state index in [-0.39, 0.29) is 16.5 Å². The van der Waals surface area contributed by atoms with E-state index in [1.165, 1.54) is 11.6 Å². The quantitative estimate of drug-likeness (QED) is 0.433. The molecule has 0 aliphatic carbocycles. The monoisotopic (exact) mass is 458 g/mol. The Bertz CT molecular complexity index is 1310. The van der Waals surface area contributed by atoms with E-state index in [1.807, 2.05) is 34.9 Å². The van der Waals surface area contributed by atoms with Crippen molar-refractivity contribution >= 4 is 32.8 Å². The fourth-order valence-corrected chi connectivity index (χ4v) is 4.64. The maximum absolute atomic E-state index is 13.3. The normalized spacial score (nSPS) is 11.8. The van der Waals surface area contributed by atoms with Gasteiger partial charge in [0, 0.05) is 25.7 Å². The molecule has 0 aliphatic heterocycles. The average Bonchev–Trinajstić information content (AvgIpc) is 3.12. The summed E-state index contributed by atoms with van der Waals surface area (Å²) in [4.78, 5) is 9.02. The smallest absolute Gasteiger partial charge is 0.240 e. The van der Waals surface area contributed by atoms with Crippen LogP contribution in [0.25, 0.3) is 11.2 Å². The molecule has 1 N–H and O–H groups in total. The molecular weight excluding hydrogens is 439 g/mol. The van der Waals surface area contributed by atoms with Gasteiger partial charge in [0.25, 0.3) is 0 Å². The zero-order valence-corrected chi connectivity index (χ0v) is 18.1. The van der Waals surface area contributed by atoms with Crippen LogP contribution >= 0.6 is 11.6 Å². The summed E-state index contributed by atoms with van der Waals surface area (Å²) in [5, 5.41) is -0.240. The van der Waals surface area contributed by atoms with E-state index in [1.54, 1.807) is 6.20 Å². The summed E-state index contributed by atoms with van der Waals surface area (Å²) in [6.45, 7) is 0.476. The molecule has 0 fully saturated rings. The Balaban J connectivity index is 1.51. The fourth-order valence-electron chi connectivity index (χ4n) is 3.35. The van der Waals surface area contributed by atoms with E-state index < -0.39 is 15.8 Å². The molecule has 0 radical (unpaired) electrons. The van der Waals surface area contributed by atoms with Gasteiger partial charge in [-0.25, -0.2) is 27.5 Å². The van der Waals surface area contributed by atoms with Crippen LogP contribution in [0.4, 0.5) is 4.39 Å². The van der Waals surface area contributed by atoms with Crippen molar-refractivity contribution in [2.75, 3.05) is 6.54 Å². The fraction of sp³-hybridized carbons (Fsp3) is 0.182. The number of pyridine rings is 1. The second-order valence-corrected chi connectivity index (χ2v) is 9.16. The zero-order valence-electron chi connectivity index (χ0n) is 16.5. The maximum Gasteiger partial charge on any atom is 0.240 e. The standard InChI is InChI=1S/C22H20ClFN4O2S/c23-18-15-17(9-10-19(18)24)31(29,30)26-13-14-28-21(11-8-16-5-2-1-3-6-16)27-20-7-4-12-25-22(20)28/h1-7,9-10,12,15,26H,8,11,13-14H2. The summed E-state index contributed by atoms with van der Waals surface area (Å²) in [6.07, 6.45) is 3.19. The van der Waals surface area contributed by atoms with Crippen molar-refractivity contribution in [2.45, 2.75) is 24.3 Å². The number of hydrogen-bond acceptors (Lipinski definition) is 4. The SMILES string of the molecule is O=S(=O)(NCCn1c(CCc2ccccc2)nc2cccnc21)c1ccc(F)c(Cl)c1. The summed E-state index contributed by atoms with van der Waals surface area (Å²) in [5.41, 5.74) is 2.66. The summed E-state index contributed by atoms with van der Waals surface area (Å²) >= 11 is 5.72. The number of benzene rings is 2. The van der Waals surface area contributed by atoms with Crippen LogP contribution in [0.1, 0.15) is 11.4 Å². The number of rotatable bonds is 8. The van der Waals surface area contributed by atoms with E-state index >= 15 is 0 Å². The summed E-state index contributed by atoms with van der Waals surface area (Å²) in [7, 11) is -3.83. The minimum absolute atomic E-state index is 0.0863. The van der Waals surface area contributed by atoms with Crippen molar-refractivity contribution in [3.05, 3.63) is 89.1 Å². The van der Waals surface area contributed by atoms with E-state index in [2.05, 4.69) is 26.8 Å². The van der Waals surface area contributed by atoms with E-state index in [0.717, 1.165) is 29.9 Å². The third kappa shape index (κ3) is 4.92. The van der Waals surface area contributed by atoms with Crippen LogP contribution in [0.5, 0.6) is 0 Å². The molecule has 4 rings (SSSR count). The van der Waals surface area contributed by atoms with Crippen molar-refractivity contribution in [3.63, 3.8) is 0 Å². The summed E-state index contributed by atoms with van der Waals surface area (Å²) in [6, 6.07) is 17.1. The third-order valence-corrected chi connectivity index (χ3v) is 6.64. The lowest BCUT2D eigenvalue weighted by atomic mass is 10.1. The highest BCUT2D eigenvalue weighted by Gasteiger charge is 2.17. The lowest BCUT2D eigenvalue weighted by Gasteiger charge is -2.11. The molecule has 2 aromatic carbocycles. The number of aromatic nitrogens is 3. The number of sulfonamides is 1. The van der Waals surface area contributed by atoms with E-state index in [9.17, 15) is 12.8 Å². The zero-order chi connectivity index (χ0) is 21.8. The Morgan fingerprint density at radius 3 is 2.61 bits per heavy atom. The Morgan fingerprint density at radius 2 is 1.84 bits per heavy atom. The number of fused-ring (bicyclic) bond motifs is 1. The lowest BCUT2D eigenvalue weighted by molar-refractivity contribution is 0.569. The van der Waals surface area contributed by atoms with Gasteiger partial charge in [0.05, 0.1) is 9.92 Å². The molecule has 160 valence electrons. The second kappa shape index (κ2) is 9.13. The molecule has 2 heterocycles. The highest BCUT2D eigenvalue weighted by atomic mass is 35.5. The molecule has 0 bridgehead atoms. The van der Waals surface area contributed by atoms with Gasteiger partial charge in [-0.05, 0) is 42.3 Å². The van der Waals surface area contributed by atoms with E-state index in [4.69, 9.17) is 11.6 Å². The Hall–Kier alpha value is -2.81. The van der Waals surface area contributed by atoms with Crippen molar-refractivity contribution in [1.82, 2.24) is 19.3 Å². The number of nitrogens with zero attached hydrogens (tertiary/aromatic N) is 3. The number of imidazole rings is 1. The minimum Gasteiger partial charge on any atom is -0.311 e. The van der Waals surface area contributed by atoms with Gasteiger partial charge in [0.1, 0.15) is 17.2 Å². The van der Waals surface area contributed by atoms with Crippen LogP contribution in [0.3, 0.4) is 0 Å². The second-order valence-electron chi connectivity index (χ2n) is 6.99. The van der Waals surface area contributed by atoms with Gasteiger partial charge in [0.15, 0.2) is 5.65 Å². The Morgan fingerprint density at radius 1 is 1.03 bits per heavy atom. The summed E-state index contributed by atoms with van der Waals surface area (Å²) in [5.74, 6) is 0.168. The van der Waals surface area contributed by atoms with Crippen LogP contribution in [-0.2, 0) is 29.4 Å². The van der Waals surface area contributed by atoms with Gasteiger partial charge in [0.2, 0.25) is 10.0 Å². The molecule has 0 spiro atoms. The molecule has 0 unspecified atom stereocenters. The lowest BCUT2D eigenvalue weighted by Crippen LogP contribution is -2.28. The van der Waals surface area contributed by atoms with Crippen LogP contribution in [0.2, 0.25) is 5.02 Å². The first-order valence-corrected chi connectivity index (χ1v) is 11.6. The first-order valence-electron chi connectivity index (χ1n) is 9.73. The number of aryl methyl sites for hydroxylation is 2. The first kappa shape index (κ1) is 21.4. The molecule has 0 saturated carbocycles. The largest absolute Gasteiger partial charge is 0.311 e. The molecule has 0 amide bonds. The molecule has 0 saturated heterocycles. The van der Waals surface area contributed by atoms with Gasteiger partial charge in [-0.15, -0.1) is 0 Å². The van der Waals surface area contributed by atoms with Crippen molar-refractivity contribution in [1.29, 1.82) is 0 Å². The molecule has 2 aromatic heterocycles. The van der Waals surface area contributed by atoms with E-state index in [0.29, 0.717) is 18.6 Å². The van der Waals surface area contributed by atoms with Crippen LogP contribution in [0.15, 0.2) is 71.8 Å². The molecule has 4 aromatic rings. The van der Waals surface area contributed by atoms with Gasteiger partial charge < -0.3 is 4.57 Å². The molecule has 31 heavy (non-hydrogen) atoms. The molecule has 6 nitrogen and oxygen atoms in total. The maximum atomic E-state index is 13.3. The highest BCUT2D eigenvalue weighted by Crippen LogP contribution is 2.20. The van der Waals surface area contributed by atoms with Crippen LogP contribution < -0.4 is 4.72 Å². The molecule has 0 aliphatic rings. The predicted molar refractivity (Wildman–Crippen MR) is 118 cm³/mol. The van der Waals surface area contributed by atoms with Crippen molar-refractivity contribution < 1.29 is 12.8 Å². The molecule has 0 atom stereocenters. The summed E-state index contributed by atoms with van der Waals surface area (Å²) < 4.78 is 42.9. The van der Waals surface area contributed by atoms with Gasteiger partial charge in [-0.3, -0.25) is 0 Å². The Kier molecular flexibility index (Phi) is 6.31. The molecule has 9 heteroatoms. The first-order chi connectivity index (χ1) is 14.9. The van der Waals surface area contributed by atoms with Crippen molar-refractivity contribution in [3.8, 4) is 0 Å². The highest BCUT2D eigenvalue weighted by molar-refractivity contribution is 7.89. The topological polar surface area (TPSA) is 76.9 Å². The van der Waals surface area contributed by atoms with Gasteiger partial charge in [-0.2, -0.15) is 0 Å². The minimum atomic E-state index is -3.83. The number of nitrogens with one attached hydrogen (secondary N) is 1. The average molecular weight is 459 g/mol. The Labute approximate surface area is 184 Å². The van der Waals surface area contributed by atoms with Crippen LogP contribution in [0, 0.1) is 5.82 Å².